The van der Waals surface area contributed by atoms with Gasteiger partial charge in [-0.25, -0.2) is 9.50 Å². The molecule has 0 unspecified atom stereocenters. The molecule has 0 aliphatic heterocycles. The third-order valence-corrected chi connectivity index (χ3v) is 4.31. The molecule has 4 rings (SSSR count). The van der Waals surface area contributed by atoms with Crippen molar-refractivity contribution in [1.29, 1.82) is 0 Å². The van der Waals surface area contributed by atoms with Gasteiger partial charge in [-0.1, -0.05) is 15.9 Å². The molecular weight excluding hydrogens is 400 g/mol. The van der Waals surface area contributed by atoms with Gasteiger partial charge in [0.25, 0.3) is 5.91 Å². The highest BCUT2D eigenvalue weighted by atomic mass is 79.9. The number of aryl methyl sites for hydroxylation is 1. The number of nitrogens with one attached hydrogen (secondary N) is 1. The maximum Gasteiger partial charge on any atom is 0.261 e. The summed E-state index contributed by atoms with van der Waals surface area (Å²) in [6.07, 6.45) is 6.45. The Balaban J connectivity index is 1.73. The number of nitrogens with zero attached hydrogens (tertiary/aromatic N) is 5. The van der Waals surface area contributed by atoms with Crippen LogP contribution >= 0.6 is 15.9 Å². The van der Waals surface area contributed by atoms with Crippen molar-refractivity contribution in [2.24, 2.45) is 7.05 Å². The molecule has 130 valence electrons. The molecule has 1 amide bonds. The van der Waals surface area contributed by atoms with Gasteiger partial charge >= 0.3 is 0 Å². The lowest BCUT2D eigenvalue weighted by Gasteiger charge is -2.07. The number of aromatic hydroxyl groups is 1. The summed E-state index contributed by atoms with van der Waals surface area (Å²) in [6.45, 7) is 0. The fourth-order valence-electron chi connectivity index (χ4n) is 2.65. The maximum absolute atomic E-state index is 12.7. The maximum atomic E-state index is 12.7. The van der Waals surface area contributed by atoms with E-state index in [9.17, 15) is 9.90 Å². The molecule has 1 aromatic carbocycles. The van der Waals surface area contributed by atoms with Gasteiger partial charge in [0.15, 0.2) is 5.65 Å². The van der Waals surface area contributed by atoms with Crippen LogP contribution in [0.25, 0.3) is 16.9 Å². The minimum Gasteiger partial charge on any atom is -0.507 e. The van der Waals surface area contributed by atoms with Crippen LogP contribution in [0.2, 0.25) is 0 Å². The fraction of sp³-hybridized carbons (Fsp3) is 0.0588. The van der Waals surface area contributed by atoms with Gasteiger partial charge in [-0.3, -0.25) is 9.48 Å². The van der Waals surface area contributed by atoms with E-state index in [0.717, 1.165) is 4.47 Å². The van der Waals surface area contributed by atoms with Crippen LogP contribution in [0.3, 0.4) is 0 Å². The third kappa shape index (κ3) is 2.82. The number of phenolic OH excluding ortho intramolecular Hbond substituents is 1. The number of aromatic nitrogens is 5. The lowest BCUT2D eigenvalue weighted by Crippen LogP contribution is -2.12. The summed E-state index contributed by atoms with van der Waals surface area (Å²) in [4.78, 5) is 16.9. The summed E-state index contributed by atoms with van der Waals surface area (Å²) >= 11 is 3.38. The molecule has 26 heavy (non-hydrogen) atoms. The van der Waals surface area contributed by atoms with E-state index in [0.29, 0.717) is 28.2 Å². The lowest BCUT2D eigenvalue weighted by atomic mass is 10.1. The minimum atomic E-state index is -0.359. The van der Waals surface area contributed by atoms with Crippen LogP contribution in [0.1, 0.15) is 10.4 Å². The minimum absolute atomic E-state index is 0.0695. The largest absolute Gasteiger partial charge is 0.507 e. The molecule has 0 spiro atoms. The highest BCUT2D eigenvalue weighted by Gasteiger charge is 2.19. The SMILES string of the molecule is Cn1cc(NC(=O)c2cnn3cccnc23)c(-c2cc(Br)ccc2O)n1. The molecule has 0 fully saturated rings. The monoisotopic (exact) mass is 412 g/mol. The molecular formula is C17H13BrN6O2. The van der Waals surface area contributed by atoms with E-state index in [4.69, 9.17) is 0 Å². The van der Waals surface area contributed by atoms with Gasteiger partial charge in [0.2, 0.25) is 0 Å². The number of carbonyl (C=O) groups is 1. The van der Waals surface area contributed by atoms with Crippen molar-refractivity contribution in [3.63, 3.8) is 0 Å². The summed E-state index contributed by atoms with van der Waals surface area (Å²) < 4.78 is 3.89. The van der Waals surface area contributed by atoms with Gasteiger partial charge in [0, 0.05) is 35.7 Å². The Bertz CT molecular complexity index is 1130. The van der Waals surface area contributed by atoms with Gasteiger partial charge in [-0.15, -0.1) is 0 Å². The molecule has 8 nitrogen and oxygen atoms in total. The molecule has 0 atom stereocenters. The molecule has 2 N–H and O–H groups in total. The van der Waals surface area contributed by atoms with Crippen LogP contribution in [0.4, 0.5) is 5.69 Å². The van der Waals surface area contributed by atoms with E-state index in [2.05, 4.69) is 36.4 Å². The number of amides is 1. The van der Waals surface area contributed by atoms with E-state index in [1.165, 1.54) is 10.7 Å². The van der Waals surface area contributed by atoms with Crippen LogP contribution in [0.5, 0.6) is 5.75 Å². The average molecular weight is 413 g/mol. The normalized spacial score (nSPS) is 11.0. The van der Waals surface area contributed by atoms with Crippen LogP contribution in [-0.4, -0.2) is 35.4 Å². The Morgan fingerprint density at radius 1 is 1.35 bits per heavy atom. The number of benzene rings is 1. The van der Waals surface area contributed by atoms with Gasteiger partial charge in [0.05, 0.1) is 11.9 Å². The Kier molecular flexibility index (Phi) is 3.92. The van der Waals surface area contributed by atoms with Crippen LogP contribution in [0.15, 0.2) is 53.5 Å². The predicted molar refractivity (Wildman–Crippen MR) is 98.9 cm³/mol. The van der Waals surface area contributed by atoms with Crippen molar-refractivity contribution in [3.8, 4) is 17.0 Å². The zero-order chi connectivity index (χ0) is 18.3. The van der Waals surface area contributed by atoms with Gasteiger partial charge < -0.3 is 10.4 Å². The van der Waals surface area contributed by atoms with E-state index in [1.807, 2.05) is 0 Å². The molecule has 9 heteroatoms. The summed E-state index contributed by atoms with van der Waals surface area (Å²) in [6, 6.07) is 6.76. The Hall–Kier alpha value is -3.20. The van der Waals surface area contributed by atoms with E-state index in [-0.39, 0.29) is 11.7 Å². The highest BCUT2D eigenvalue weighted by molar-refractivity contribution is 9.10. The molecule has 4 aromatic rings. The van der Waals surface area contributed by atoms with E-state index < -0.39 is 0 Å². The van der Waals surface area contributed by atoms with Crippen molar-refractivity contribution in [2.75, 3.05) is 5.32 Å². The van der Waals surface area contributed by atoms with Crippen molar-refractivity contribution in [3.05, 3.63) is 59.1 Å². The standard InChI is InChI=1S/C17H13BrN6O2/c1-23-9-13(15(22-23)11-7-10(18)3-4-14(11)25)21-17(26)12-8-20-24-6-2-5-19-16(12)24/h2-9,25H,1H3,(H,21,26). The third-order valence-electron chi connectivity index (χ3n) is 3.81. The van der Waals surface area contributed by atoms with Gasteiger partial charge in [-0.05, 0) is 24.3 Å². The van der Waals surface area contributed by atoms with Crippen LogP contribution in [0, 0.1) is 0 Å². The molecule has 0 aliphatic rings. The smallest absolute Gasteiger partial charge is 0.261 e. The van der Waals surface area contributed by atoms with Crippen molar-refractivity contribution < 1.29 is 9.90 Å². The summed E-state index contributed by atoms with van der Waals surface area (Å²) in [7, 11) is 1.74. The lowest BCUT2D eigenvalue weighted by molar-refractivity contribution is 0.102. The first-order valence-electron chi connectivity index (χ1n) is 7.65. The number of anilines is 1. The molecule has 0 saturated heterocycles. The first-order chi connectivity index (χ1) is 12.5. The summed E-state index contributed by atoms with van der Waals surface area (Å²) in [5, 5.41) is 21.5. The Labute approximate surface area is 156 Å². The number of halogens is 1. The molecule has 3 heterocycles. The number of carbonyl (C=O) groups excluding carboxylic acids is 1. The second-order valence-electron chi connectivity index (χ2n) is 5.63. The predicted octanol–water partition coefficient (Wildman–Crippen LogP) is 2.85. The molecule has 0 saturated carbocycles. The second-order valence-corrected chi connectivity index (χ2v) is 6.54. The first kappa shape index (κ1) is 16.3. The van der Waals surface area contributed by atoms with Gasteiger partial charge in [0.1, 0.15) is 17.0 Å². The molecule has 0 bridgehead atoms. The number of fused-ring (bicyclic) bond motifs is 1. The molecule has 3 aromatic heterocycles. The number of phenols is 1. The second kappa shape index (κ2) is 6.26. The average Bonchev–Trinajstić information content (AvgIpc) is 3.20. The zero-order valence-corrected chi connectivity index (χ0v) is 15.2. The quantitative estimate of drug-likeness (QED) is 0.539. The number of hydrogen-bond acceptors (Lipinski definition) is 5. The molecule has 0 aliphatic carbocycles. The summed E-state index contributed by atoms with van der Waals surface area (Å²) in [5.74, 6) is -0.289. The van der Waals surface area contributed by atoms with Crippen molar-refractivity contribution in [2.45, 2.75) is 0 Å². The fourth-order valence-corrected chi connectivity index (χ4v) is 3.01. The summed E-state index contributed by atoms with van der Waals surface area (Å²) in [5.41, 5.74) is 2.25. The van der Waals surface area contributed by atoms with Crippen LogP contribution < -0.4 is 5.32 Å². The zero-order valence-electron chi connectivity index (χ0n) is 13.6. The van der Waals surface area contributed by atoms with Gasteiger partial charge in [-0.2, -0.15) is 10.2 Å². The van der Waals surface area contributed by atoms with E-state index >= 15 is 0 Å². The highest BCUT2D eigenvalue weighted by Crippen LogP contribution is 2.35. The van der Waals surface area contributed by atoms with E-state index in [1.54, 1.807) is 54.6 Å². The Morgan fingerprint density at radius 3 is 3.04 bits per heavy atom. The topological polar surface area (TPSA) is 97.3 Å². The Morgan fingerprint density at radius 2 is 2.19 bits per heavy atom. The first-order valence-corrected chi connectivity index (χ1v) is 8.44. The van der Waals surface area contributed by atoms with Crippen molar-refractivity contribution in [1.82, 2.24) is 24.4 Å². The van der Waals surface area contributed by atoms with Crippen LogP contribution in [-0.2, 0) is 7.05 Å². The van der Waals surface area contributed by atoms with Crippen molar-refractivity contribution >= 4 is 33.2 Å². The number of hydrogen-bond donors (Lipinski definition) is 2. The number of rotatable bonds is 3. The molecule has 0 radical (unpaired) electrons.